The van der Waals surface area contributed by atoms with Crippen molar-refractivity contribution in [3.8, 4) is 0 Å². The summed E-state index contributed by atoms with van der Waals surface area (Å²) >= 11 is 0. The summed E-state index contributed by atoms with van der Waals surface area (Å²) in [5.74, 6) is -1.01. The standard InChI is InChI=1S/C20H30N2O3/c1-16(2)22(14-19(24)25)13-18(23)21-15-20(11-7-4-8-12-20)17-9-5-3-6-10-17/h3,5-6,9-10,16H,4,7-8,11-15H2,1-2H3,(H,21,23)(H,24,25). The lowest BCUT2D eigenvalue weighted by Crippen LogP contribution is -2.47. The summed E-state index contributed by atoms with van der Waals surface area (Å²) in [5.41, 5.74) is 1.30. The molecule has 0 aliphatic heterocycles. The number of nitrogens with zero attached hydrogens (tertiary/aromatic N) is 1. The van der Waals surface area contributed by atoms with Crippen LogP contribution in [0, 0.1) is 0 Å². The summed E-state index contributed by atoms with van der Waals surface area (Å²) in [7, 11) is 0. The molecule has 0 heterocycles. The Balaban J connectivity index is 2.00. The normalized spacial score (nSPS) is 16.8. The lowest BCUT2D eigenvalue weighted by molar-refractivity contribution is -0.139. The Hall–Kier alpha value is -1.88. The number of benzene rings is 1. The fourth-order valence-electron chi connectivity index (χ4n) is 3.69. The summed E-state index contributed by atoms with van der Waals surface area (Å²) < 4.78 is 0. The zero-order valence-corrected chi connectivity index (χ0v) is 15.3. The van der Waals surface area contributed by atoms with Gasteiger partial charge in [-0.15, -0.1) is 0 Å². The molecule has 5 heteroatoms. The fraction of sp³-hybridized carbons (Fsp3) is 0.600. The summed E-state index contributed by atoms with van der Waals surface area (Å²) in [6, 6.07) is 10.5. The fourth-order valence-corrected chi connectivity index (χ4v) is 3.69. The predicted molar refractivity (Wildman–Crippen MR) is 98.6 cm³/mol. The summed E-state index contributed by atoms with van der Waals surface area (Å²) in [5, 5.41) is 12.1. The highest BCUT2D eigenvalue weighted by atomic mass is 16.4. The van der Waals surface area contributed by atoms with Crippen molar-refractivity contribution >= 4 is 11.9 Å². The van der Waals surface area contributed by atoms with Gasteiger partial charge < -0.3 is 10.4 Å². The van der Waals surface area contributed by atoms with Crippen molar-refractivity contribution in [2.45, 2.75) is 57.4 Å². The number of hydrogen-bond donors (Lipinski definition) is 2. The van der Waals surface area contributed by atoms with Gasteiger partial charge in [-0.05, 0) is 32.3 Å². The Morgan fingerprint density at radius 3 is 2.32 bits per heavy atom. The molecule has 0 bridgehead atoms. The SMILES string of the molecule is CC(C)N(CC(=O)O)CC(=O)NCC1(c2ccccc2)CCCCC1. The van der Waals surface area contributed by atoms with Gasteiger partial charge in [0.2, 0.25) is 5.91 Å². The Labute approximate surface area is 150 Å². The minimum absolute atomic E-state index is 0.00459. The number of amides is 1. The lowest BCUT2D eigenvalue weighted by Gasteiger charge is -2.38. The molecule has 1 aliphatic carbocycles. The molecular weight excluding hydrogens is 316 g/mol. The molecule has 0 atom stereocenters. The maximum absolute atomic E-state index is 12.4. The largest absolute Gasteiger partial charge is 0.480 e. The number of carbonyl (C=O) groups is 2. The number of aliphatic carboxylic acids is 1. The van der Waals surface area contributed by atoms with Gasteiger partial charge in [-0.25, -0.2) is 0 Å². The molecule has 0 radical (unpaired) electrons. The van der Waals surface area contributed by atoms with E-state index in [1.165, 1.54) is 24.8 Å². The van der Waals surface area contributed by atoms with Crippen LogP contribution in [0.4, 0.5) is 0 Å². The van der Waals surface area contributed by atoms with Crippen LogP contribution >= 0.6 is 0 Å². The van der Waals surface area contributed by atoms with E-state index < -0.39 is 5.97 Å². The molecular formula is C20H30N2O3. The Morgan fingerprint density at radius 2 is 1.76 bits per heavy atom. The van der Waals surface area contributed by atoms with Gasteiger partial charge >= 0.3 is 5.97 Å². The van der Waals surface area contributed by atoms with E-state index >= 15 is 0 Å². The zero-order chi connectivity index (χ0) is 18.3. The average Bonchev–Trinajstić information content (AvgIpc) is 2.60. The molecule has 1 aliphatic rings. The topological polar surface area (TPSA) is 69.6 Å². The summed E-state index contributed by atoms with van der Waals surface area (Å²) in [6.45, 7) is 4.43. The molecule has 1 fully saturated rings. The van der Waals surface area contributed by atoms with Crippen LogP contribution in [0.5, 0.6) is 0 Å². The molecule has 0 spiro atoms. The predicted octanol–water partition coefficient (Wildman–Crippen LogP) is 2.80. The molecule has 1 saturated carbocycles. The maximum atomic E-state index is 12.4. The highest BCUT2D eigenvalue weighted by molar-refractivity contribution is 5.79. The number of carboxylic acids is 1. The molecule has 25 heavy (non-hydrogen) atoms. The summed E-state index contributed by atoms with van der Waals surface area (Å²) in [6.07, 6.45) is 5.78. The minimum Gasteiger partial charge on any atom is -0.480 e. The van der Waals surface area contributed by atoms with E-state index in [1.807, 2.05) is 19.9 Å². The van der Waals surface area contributed by atoms with Gasteiger partial charge in [0.15, 0.2) is 0 Å². The first-order valence-electron chi connectivity index (χ1n) is 9.21. The van der Waals surface area contributed by atoms with Gasteiger partial charge in [-0.3, -0.25) is 14.5 Å². The van der Waals surface area contributed by atoms with Crippen LogP contribution in [-0.4, -0.2) is 47.6 Å². The molecule has 1 amide bonds. The van der Waals surface area contributed by atoms with Crippen LogP contribution in [0.1, 0.15) is 51.5 Å². The molecule has 2 N–H and O–H groups in total. The second-order valence-corrected chi connectivity index (χ2v) is 7.38. The number of carboxylic acid groups (broad SMARTS) is 1. The first-order chi connectivity index (χ1) is 11.9. The maximum Gasteiger partial charge on any atom is 0.317 e. The molecule has 5 nitrogen and oxygen atoms in total. The zero-order valence-electron chi connectivity index (χ0n) is 15.3. The van der Waals surface area contributed by atoms with Crippen molar-refractivity contribution in [1.82, 2.24) is 10.2 Å². The number of nitrogens with one attached hydrogen (secondary N) is 1. The monoisotopic (exact) mass is 346 g/mol. The van der Waals surface area contributed by atoms with E-state index in [0.717, 1.165) is 12.8 Å². The van der Waals surface area contributed by atoms with Crippen LogP contribution in [0.3, 0.4) is 0 Å². The molecule has 0 unspecified atom stereocenters. The van der Waals surface area contributed by atoms with Crippen LogP contribution in [0.2, 0.25) is 0 Å². The molecule has 1 aromatic rings. The first kappa shape index (κ1) is 19.4. The number of rotatable bonds is 8. The van der Waals surface area contributed by atoms with Gasteiger partial charge in [0, 0.05) is 18.0 Å². The molecule has 0 aromatic heterocycles. The Kier molecular flexibility index (Phi) is 7.00. The second kappa shape index (κ2) is 8.99. The first-order valence-corrected chi connectivity index (χ1v) is 9.21. The van der Waals surface area contributed by atoms with Crippen molar-refractivity contribution in [3.05, 3.63) is 35.9 Å². The van der Waals surface area contributed by atoms with Crippen molar-refractivity contribution in [2.75, 3.05) is 19.6 Å². The van der Waals surface area contributed by atoms with Crippen LogP contribution in [0.15, 0.2) is 30.3 Å². The lowest BCUT2D eigenvalue weighted by atomic mass is 9.69. The third-order valence-corrected chi connectivity index (χ3v) is 5.24. The van der Waals surface area contributed by atoms with Crippen molar-refractivity contribution in [3.63, 3.8) is 0 Å². The van der Waals surface area contributed by atoms with E-state index in [2.05, 4.69) is 29.6 Å². The van der Waals surface area contributed by atoms with Crippen molar-refractivity contribution in [1.29, 1.82) is 0 Å². The van der Waals surface area contributed by atoms with Crippen LogP contribution < -0.4 is 5.32 Å². The summed E-state index contributed by atoms with van der Waals surface area (Å²) in [4.78, 5) is 25.0. The van der Waals surface area contributed by atoms with E-state index in [9.17, 15) is 9.59 Å². The minimum atomic E-state index is -0.908. The smallest absolute Gasteiger partial charge is 0.317 e. The molecule has 138 valence electrons. The van der Waals surface area contributed by atoms with Crippen LogP contribution in [-0.2, 0) is 15.0 Å². The van der Waals surface area contributed by atoms with Gasteiger partial charge in [-0.1, -0.05) is 49.6 Å². The van der Waals surface area contributed by atoms with Gasteiger partial charge in [0.05, 0.1) is 13.1 Å². The van der Waals surface area contributed by atoms with Crippen molar-refractivity contribution < 1.29 is 14.7 Å². The molecule has 2 rings (SSSR count). The van der Waals surface area contributed by atoms with Gasteiger partial charge in [0.1, 0.15) is 0 Å². The quantitative estimate of drug-likeness (QED) is 0.759. The number of carbonyl (C=O) groups excluding carboxylic acids is 1. The van der Waals surface area contributed by atoms with Gasteiger partial charge in [-0.2, -0.15) is 0 Å². The number of hydrogen-bond acceptors (Lipinski definition) is 3. The van der Waals surface area contributed by atoms with Crippen LogP contribution in [0.25, 0.3) is 0 Å². The second-order valence-electron chi connectivity index (χ2n) is 7.38. The highest BCUT2D eigenvalue weighted by Crippen LogP contribution is 2.38. The Morgan fingerprint density at radius 1 is 1.12 bits per heavy atom. The third-order valence-electron chi connectivity index (χ3n) is 5.24. The van der Waals surface area contributed by atoms with E-state index in [0.29, 0.717) is 6.54 Å². The Bertz CT molecular complexity index is 566. The molecule has 0 saturated heterocycles. The van der Waals surface area contributed by atoms with E-state index in [4.69, 9.17) is 5.11 Å². The van der Waals surface area contributed by atoms with Crippen molar-refractivity contribution in [2.24, 2.45) is 0 Å². The molecule has 1 aromatic carbocycles. The average molecular weight is 346 g/mol. The van der Waals surface area contributed by atoms with E-state index in [1.54, 1.807) is 4.90 Å². The third kappa shape index (κ3) is 5.56. The van der Waals surface area contributed by atoms with Gasteiger partial charge in [0.25, 0.3) is 0 Å². The van der Waals surface area contributed by atoms with E-state index in [-0.39, 0.29) is 30.5 Å². The highest BCUT2D eigenvalue weighted by Gasteiger charge is 2.34.